The zero-order valence-corrected chi connectivity index (χ0v) is 11.8. The summed E-state index contributed by atoms with van der Waals surface area (Å²) in [7, 11) is 0. The fourth-order valence-electron chi connectivity index (χ4n) is 1.10. The van der Waals surface area contributed by atoms with Gasteiger partial charge in [0.25, 0.3) is 5.88 Å². The molecule has 0 radical (unpaired) electrons. The van der Waals surface area contributed by atoms with E-state index in [2.05, 4.69) is 9.97 Å². The topological polar surface area (TPSA) is 78.2 Å². The number of rotatable bonds is 7. The molecule has 6 nitrogen and oxygen atoms in total. The van der Waals surface area contributed by atoms with E-state index >= 15 is 0 Å². The molecule has 0 aromatic carbocycles. The van der Waals surface area contributed by atoms with Crippen molar-refractivity contribution in [1.82, 2.24) is 9.97 Å². The molecule has 0 aliphatic carbocycles. The molecule has 0 bridgehead atoms. The second-order valence-electron chi connectivity index (χ2n) is 3.40. The Balaban J connectivity index is 3.06. The van der Waals surface area contributed by atoms with Crippen LogP contribution in [0.4, 0.5) is 5.69 Å². The van der Waals surface area contributed by atoms with E-state index in [1.807, 2.05) is 13.8 Å². The summed E-state index contributed by atoms with van der Waals surface area (Å²) in [4.78, 5) is 18.2. The third-order valence-corrected chi connectivity index (χ3v) is 3.17. The molecule has 1 rings (SSSR count). The van der Waals surface area contributed by atoms with Gasteiger partial charge in [0.2, 0.25) is 5.15 Å². The van der Waals surface area contributed by atoms with Crippen LogP contribution in [-0.2, 0) is 0 Å². The maximum atomic E-state index is 10.9. The largest absolute Gasteiger partial charge is 0.473 e. The number of nitrogens with zero attached hydrogens (tertiary/aromatic N) is 3. The van der Waals surface area contributed by atoms with E-state index in [1.54, 1.807) is 0 Å². The molecule has 0 atom stereocenters. The summed E-state index contributed by atoms with van der Waals surface area (Å²) >= 11 is 7.19. The van der Waals surface area contributed by atoms with Gasteiger partial charge in [-0.1, -0.05) is 37.2 Å². The summed E-state index contributed by atoms with van der Waals surface area (Å²) in [5.41, 5.74) is -0.369. The highest BCUT2D eigenvalue weighted by molar-refractivity contribution is 7.99. The average molecular weight is 292 g/mol. The molecule has 0 fully saturated rings. The summed E-state index contributed by atoms with van der Waals surface area (Å²) in [5.74, 6) is 0.766. The van der Waals surface area contributed by atoms with Gasteiger partial charge in [0.05, 0.1) is 11.5 Å². The lowest BCUT2D eigenvalue weighted by atomic mass is 10.5. The summed E-state index contributed by atoms with van der Waals surface area (Å²) in [6.45, 7) is 4.28. The standard InChI is InChI=1S/C10H14ClN3O3S/c1-3-5-17-9-7(14(15)16)8(11)12-10(13-9)18-6-4-2/h3-6H2,1-2H3. The number of hydrogen-bond donors (Lipinski definition) is 0. The first-order valence-electron chi connectivity index (χ1n) is 5.57. The van der Waals surface area contributed by atoms with Crippen LogP contribution in [0, 0.1) is 10.1 Å². The number of ether oxygens (including phenoxy) is 1. The predicted octanol–water partition coefficient (Wildman–Crippen LogP) is 3.33. The van der Waals surface area contributed by atoms with E-state index in [4.69, 9.17) is 16.3 Å². The molecule has 0 amide bonds. The molecule has 8 heteroatoms. The Bertz CT molecular complexity index is 431. The van der Waals surface area contributed by atoms with Gasteiger partial charge >= 0.3 is 5.69 Å². The van der Waals surface area contributed by atoms with E-state index < -0.39 is 4.92 Å². The Morgan fingerprint density at radius 1 is 1.39 bits per heavy atom. The molecule has 0 N–H and O–H groups in total. The monoisotopic (exact) mass is 291 g/mol. The summed E-state index contributed by atoms with van der Waals surface area (Å²) in [6, 6.07) is 0. The van der Waals surface area contributed by atoms with Crippen LogP contribution in [0.3, 0.4) is 0 Å². The first-order chi connectivity index (χ1) is 8.60. The van der Waals surface area contributed by atoms with Crippen molar-refractivity contribution in [2.45, 2.75) is 31.8 Å². The quantitative estimate of drug-likeness (QED) is 0.252. The van der Waals surface area contributed by atoms with Crippen molar-refractivity contribution >= 4 is 29.1 Å². The van der Waals surface area contributed by atoms with Crippen molar-refractivity contribution in [3.63, 3.8) is 0 Å². The van der Waals surface area contributed by atoms with E-state index in [-0.39, 0.29) is 16.7 Å². The van der Waals surface area contributed by atoms with Crippen molar-refractivity contribution in [2.75, 3.05) is 12.4 Å². The molecule has 0 spiro atoms. The second kappa shape index (κ2) is 7.38. The van der Waals surface area contributed by atoms with Crippen LogP contribution in [0.2, 0.25) is 5.15 Å². The van der Waals surface area contributed by atoms with E-state index in [0.29, 0.717) is 11.8 Å². The van der Waals surface area contributed by atoms with Gasteiger partial charge < -0.3 is 4.74 Å². The molecule has 0 unspecified atom stereocenters. The minimum Gasteiger partial charge on any atom is -0.473 e. The summed E-state index contributed by atoms with van der Waals surface area (Å²) in [6.07, 6.45) is 1.68. The number of halogens is 1. The van der Waals surface area contributed by atoms with Gasteiger partial charge in [-0.25, -0.2) is 4.98 Å². The van der Waals surface area contributed by atoms with Crippen molar-refractivity contribution in [1.29, 1.82) is 0 Å². The molecule has 1 heterocycles. The van der Waals surface area contributed by atoms with Gasteiger partial charge in [0, 0.05) is 5.75 Å². The molecule has 18 heavy (non-hydrogen) atoms. The zero-order valence-electron chi connectivity index (χ0n) is 10.2. The first kappa shape index (κ1) is 15.0. The SMILES string of the molecule is CCCOc1nc(SCCC)nc(Cl)c1[N+](=O)[O-]. The molecule has 100 valence electrons. The number of aromatic nitrogens is 2. The van der Waals surface area contributed by atoms with E-state index in [9.17, 15) is 10.1 Å². The summed E-state index contributed by atoms with van der Waals surface area (Å²) in [5, 5.41) is 11.1. The maximum absolute atomic E-state index is 10.9. The summed E-state index contributed by atoms with van der Waals surface area (Å²) < 4.78 is 5.26. The lowest BCUT2D eigenvalue weighted by molar-refractivity contribution is -0.386. The first-order valence-corrected chi connectivity index (χ1v) is 6.94. The van der Waals surface area contributed by atoms with Gasteiger partial charge in [-0.3, -0.25) is 10.1 Å². The molecule has 0 saturated heterocycles. The van der Waals surface area contributed by atoms with Gasteiger partial charge in [-0.2, -0.15) is 4.98 Å². The van der Waals surface area contributed by atoms with Crippen LogP contribution >= 0.6 is 23.4 Å². The third-order valence-electron chi connectivity index (χ3n) is 1.85. The molecule has 1 aromatic rings. The van der Waals surface area contributed by atoms with Crippen molar-refractivity contribution in [2.24, 2.45) is 0 Å². The van der Waals surface area contributed by atoms with Gasteiger partial charge in [0.15, 0.2) is 5.16 Å². The lowest BCUT2D eigenvalue weighted by Gasteiger charge is -2.06. The Hall–Kier alpha value is -1.08. The average Bonchev–Trinajstić information content (AvgIpc) is 2.32. The minimum atomic E-state index is -0.623. The van der Waals surface area contributed by atoms with Crippen molar-refractivity contribution in [3.05, 3.63) is 15.3 Å². The predicted molar refractivity (Wildman–Crippen MR) is 70.5 cm³/mol. The molecular weight excluding hydrogens is 278 g/mol. The Morgan fingerprint density at radius 2 is 2.11 bits per heavy atom. The normalized spacial score (nSPS) is 10.4. The highest BCUT2D eigenvalue weighted by atomic mass is 35.5. The maximum Gasteiger partial charge on any atom is 0.367 e. The molecule has 1 aromatic heterocycles. The number of nitro groups is 1. The molecule has 0 aliphatic heterocycles. The molecular formula is C10H14ClN3O3S. The molecule has 0 saturated carbocycles. The van der Waals surface area contributed by atoms with E-state index in [1.165, 1.54) is 11.8 Å². The van der Waals surface area contributed by atoms with Crippen LogP contribution < -0.4 is 4.74 Å². The van der Waals surface area contributed by atoms with Gasteiger partial charge in [-0.15, -0.1) is 0 Å². The van der Waals surface area contributed by atoms with Crippen LogP contribution in [0.1, 0.15) is 26.7 Å². The third kappa shape index (κ3) is 3.99. The zero-order chi connectivity index (χ0) is 13.5. The molecule has 0 aliphatic rings. The minimum absolute atomic E-state index is 0.0551. The van der Waals surface area contributed by atoms with Crippen molar-refractivity contribution in [3.8, 4) is 5.88 Å². The second-order valence-corrected chi connectivity index (χ2v) is 4.82. The van der Waals surface area contributed by atoms with E-state index in [0.717, 1.165) is 18.6 Å². The highest BCUT2D eigenvalue weighted by Crippen LogP contribution is 2.33. The Labute approximate surface area is 114 Å². The number of thioether (sulfide) groups is 1. The van der Waals surface area contributed by atoms with Gasteiger partial charge in [-0.05, 0) is 12.8 Å². The lowest BCUT2D eigenvalue weighted by Crippen LogP contribution is -2.04. The van der Waals surface area contributed by atoms with Gasteiger partial charge in [0.1, 0.15) is 0 Å². The number of hydrogen-bond acceptors (Lipinski definition) is 6. The smallest absolute Gasteiger partial charge is 0.367 e. The fourth-order valence-corrected chi connectivity index (χ4v) is 2.07. The van der Waals surface area contributed by atoms with Crippen LogP contribution in [0.5, 0.6) is 5.88 Å². The fraction of sp³-hybridized carbons (Fsp3) is 0.600. The van der Waals surface area contributed by atoms with Crippen LogP contribution in [-0.4, -0.2) is 27.3 Å². The Kier molecular flexibility index (Phi) is 6.14. The van der Waals surface area contributed by atoms with Crippen molar-refractivity contribution < 1.29 is 9.66 Å². The Morgan fingerprint density at radius 3 is 2.67 bits per heavy atom. The van der Waals surface area contributed by atoms with Crippen LogP contribution in [0.25, 0.3) is 0 Å². The highest BCUT2D eigenvalue weighted by Gasteiger charge is 2.25. The van der Waals surface area contributed by atoms with Crippen LogP contribution in [0.15, 0.2) is 5.16 Å².